The van der Waals surface area contributed by atoms with Crippen LogP contribution in [0.5, 0.6) is 0 Å². The van der Waals surface area contributed by atoms with E-state index in [-0.39, 0.29) is 6.42 Å². The molecule has 0 unspecified atom stereocenters. The van der Waals surface area contributed by atoms with Crippen LogP contribution >= 0.6 is 7.60 Å². The van der Waals surface area contributed by atoms with Crippen molar-refractivity contribution in [1.29, 1.82) is 0 Å². The van der Waals surface area contributed by atoms with Gasteiger partial charge in [0.1, 0.15) is 5.92 Å². The fourth-order valence-electron chi connectivity index (χ4n) is 1.88. The third-order valence-corrected chi connectivity index (χ3v) is 5.49. The molecule has 0 fully saturated rings. The van der Waals surface area contributed by atoms with E-state index in [0.717, 1.165) is 6.21 Å². The Hall–Kier alpha value is -0.910. The lowest BCUT2D eigenvalue weighted by atomic mass is 10.1. The molecule has 0 spiro atoms. The van der Waals surface area contributed by atoms with Gasteiger partial charge in [-0.3, -0.25) is 9.36 Å². The molecule has 0 N–H and O–H groups in total. The quantitative estimate of drug-likeness (QED) is 0.325. The van der Waals surface area contributed by atoms with Gasteiger partial charge in [-0.25, -0.2) is 0 Å². The fraction of sp³-hybridized carbons (Fsp3) is 0.778. The fourth-order valence-corrected chi connectivity index (χ4v) is 3.54. The van der Waals surface area contributed by atoms with Crippen molar-refractivity contribution in [3.8, 4) is 0 Å². The van der Waals surface area contributed by atoms with Crippen LogP contribution in [-0.2, 0) is 23.1 Å². The highest BCUT2D eigenvalue weighted by molar-refractivity contribution is 7.55. The zero-order valence-corrected chi connectivity index (χ0v) is 11.1. The molecule has 0 aromatic heterocycles. The molecule has 0 saturated heterocycles. The Kier molecular flexibility index (Phi) is 3.96. The van der Waals surface area contributed by atoms with Gasteiger partial charge in [-0.1, -0.05) is 0 Å². The summed E-state index contributed by atoms with van der Waals surface area (Å²) in [6.07, 6.45) is 1.17. The van der Waals surface area contributed by atoms with E-state index in [1.807, 2.05) is 0 Å². The van der Waals surface area contributed by atoms with Crippen molar-refractivity contribution >= 4 is 19.8 Å². The van der Waals surface area contributed by atoms with Gasteiger partial charge in [-0.05, 0) is 0 Å². The Morgan fingerprint density at radius 2 is 2.00 bits per heavy atom. The first kappa shape index (κ1) is 14.2. The van der Waals surface area contributed by atoms with Gasteiger partial charge in [-0.2, -0.15) is 4.74 Å². The van der Waals surface area contributed by atoms with E-state index < -0.39 is 24.8 Å². The van der Waals surface area contributed by atoms with Crippen molar-refractivity contribution in [3.05, 3.63) is 5.21 Å². The van der Waals surface area contributed by atoms with Crippen molar-refractivity contribution in [2.75, 3.05) is 21.3 Å². The first-order chi connectivity index (χ1) is 7.84. The first-order valence-electron chi connectivity index (χ1n) is 4.95. The highest BCUT2D eigenvalue weighted by Crippen LogP contribution is 2.62. The number of hydrogen-bond donors (Lipinski definition) is 0. The minimum absolute atomic E-state index is 0.0299. The molecule has 1 aliphatic heterocycles. The van der Waals surface area contributed by atoms with Crippen LogP contribution in [0.1, 0.15) is 13.3 Å². The summed E-state index contributed by atoms with van der Waals surface area (Å²) in [5.74, 6) is -1.28. The molecule has 1 rings (SSSR count). The largest absolute Gasteiger partial charge is 0.623 e. The molecule has 0 aromatic carbocycles. The summed E-state index contributed by atoms with van der Waals surface area (Å²) in [4.78, 5) is 11.4. The maximum Gasteiger partial charge on any atom is 0.401 e. The summed E-state index contributed by atoms with van der Waals surface area (Å²) in [7, 11) is 0.0259. The van der Waals surface area contributed by atoms with Crippen molar-refractivity contribution in [1.82, 2.24) is 0 Å². The number of hydroxylamine groups is 1. The number of rotatable bonds is 4. The second-order valence-electron chi connectivity index (χ2n) is 3.89. The topological polar surface area (TPSA) is 87.9 Å². The predicted molar refractivity (Wildman–Crippen MR) is 59.8 cm³/mol. The summed E-state index contributed by atoms with van der Waals surface area (Å²) in [6, 6.07) is 0. The summed E-state index contributed by atoms with van der Waals surface area (Å²) in [5.41, 5.74) is 0. The van der Waals surface area contributed by atoms with Crippen LogP contribution < -0.4 is 0 Å². The van der Waals surface area contributed by atoms with Crippen LogP contribution in [0, 0.1) is 11.1 Å². The van der Waals surface area contributed by atoms with Crippen LogP contribution in [0.3, 0.4) is 0 Å². The Morgan fingerprint density at radius 3 is 2.41 bits per heavy atom. The Balaban J connectivity index is 3.07. The molecule has 0 bridgehead atoms. The molecule has 0 aromatic rings. The standard InChI is InChI=1S/C9H16NO6P/c1-9(17(13,15-3)16-4)5-7(6-10(9)12)8(11)14-2/h6-7H,5H2,1-4H3/t7-,9+/m1/s1. The predicted octanol–water partition coefficient (Wildman–Crippen LogP) is 0.962. The summed E-state index contributed by atoms with van der Waals surface area (Å²) in [6.45, 7) is 1.44. The zero-order chi connectivity index (χ0) is 13.3. The maximum absolute atomic E-state index is 12.3. The van der Waals surface area contributed by atoms with E-state index in [1.165, 1.54) is 28.3 Å². The molecular weight excluding hydrogens is 249 g/mol. The highest BCUT2D eigenvalue weighted by atomic mass is 31.2. The van der Waals surface area contributed by atoms with Gasteiger partial charge < -0.3 is 19.0 Å². The molecule has 1 aliphatic rings. The van der Waals surface area contributed by atoms with Gasteiger partial charge in [0.2, 0.25) is 0 Å². The second-order valence-corrected chi connectivity index (χ2v) is 6.58. The minimum Gasteiger partial charge on any atom is -0.623 e. The van der Waals surface area contributed by atoms with E-state index in [4.69, 9.17) is 9.05 Å². The van der Waals surface area contributed by atoms with Crippen LogP contribution in [0.2, 0.25) is 0 Å². The molecule has 7 nitrogen and oxygen atoms in total. The molecule has 2 atom stereocenters. The van der Waals surface area contributed by atoms with E-state index in [1.54, 1.807) is 0 Å². The Bertz CT molecular complexity index is 387. The molecule has 98 valence electrons. The van der Waals surface area contributed by atoms with Gasteiger partial charge >= 0.3 is 13.6 Å². The number of ether oxygens (including phenoxy) is 1. The van der Waals surface area contributed by atoms with Crippen LogP contribution in [0.15, 0.2) is 0 Å². The summed E-state index contributed by atoms with van der Waals surface area (Å²) in [5, 5.41) is 10.4. The Morgan fingerprint density at radius 1 is 1.47 bits per heavy atom. The molecule has 0 saturated carbocycles. The number of esters is 1. The van der Waals surface area contributed by atoms with Gasteiger partial charge in [0.25, 0.3) is 5.28 Å². The molecule has 17 heavy (non-hydrogen) atoms. The monoisotopic (exact) mass is 265 g/mol. The van der Waals surface area contributed by atoms with E-state index in [9.17, 15) is 14.6 Å². The minimum atomic E-state index is -3.61. The zero-order valence-electron chi connectivity index (χ0n) is 10.2. The normalized spacial score (nSPS) is 28.9. The summed E-state index contributed by atoms with van der Waals surface area (Å²) >= 11 is 0. The number of carbonyl (C=O) groups is 1. The third-order valence-electron chi connectivity index (χ3n) is 2.97. The third kappa shape index (κ3) is 2.10. The Labute approximate surface area is 99.5 Å². The van der Waals surface area contributed by atoms with Gasteiger partial charge in [0, 0.05) is 27.6 Å². The van der Waals surface area contributed by atoms with E-state index in [2.05, 4.69) is 4.74 Å². The van der Waals surface area contributed by atoms with Crippen molar-refractivity contribution in [2.24, 2.45) is 5.92 Å². The highest BCUT2D eigenvalue weighted by Gasteiger charge is 2.59. The number of nitrogens with zero attached hydrogens (tertiary/aromatic N) is 1. The lowest BCUT2D eigenvalue weighted by Crippen LogP contribution is -2.34. The molecule has 0 aliphatic carbocycles. The first-order valence-corrected chi connectivity index (χ1v) is 6.50. The molecule has 1 heterocycles. The van der Waals surface area contributed by atoms with Gasteiger partial charge in [0.05, 0.1) is 7.11 Å². The van der Waals surface area contributed by atoms with Crippen molar-refractivity contribution < 1.29 is 27.9 Å². The second kappa shape index (κ2) is 4.76. The molecular formula is C9H16NO6P. The van der Waals surface area contributed by atoms with Crippen LogP contribution in [0.25, 0.3) is 0 Å². The number of hydrogen-bond acceptors (Lipinski definition) is 6. The van der Waals surface area contributed by atoms with Gasteiger partial charge in [-0.15, -0.1) is 0 Å². The average Bonchev–Trinajstić information content (AvgIpc) is 2.65. The molecule has 0 amide bonds. The maximum atomic E-state index is 12.3. The number of carbonyl (C=O) groups excluding carboxylic acids is 1. The number of methoxy groups -OCH3 is 1. The van der Waals surface area contributed by atoms with Crippen LogP contribution in [0.4, 0.5) is 0 Å². The van der Waals surface area contributed by atoms with Crippen molar-refractivity contribution in [2.45, 2.75) is 18.6 Å². The summed E-state index contributed by atoms with van der Waals surface area (Å²) < 4.78 is 26.9. The smallest absolute Gasteiger partial charge is 0.401 e. The van der Waals surface area contributed by atoms with Crippen LogP contribution in [-0.4, -0.2) is 43.5 Å². The lowest BCUT2D eigenvalue weighted by molar-refractivity contribution is -0.506. The lowest BCUT2D eigenvalue weighted by Gasteiger charge is -2.28. The van der Waals surface area contributed by atoms with Crippen molar-refractivity contribution in [3.63, 3.8) is 0 Å². The van der Waals surface area contributed by atoms with E-state index >= 15 is 0 Å². The molecule has 8 heteroatoms. The molecule has 0 radical (unpaired) electrons. The van der Waals surface area contributed by atoms with Gasteiger partial charge in [0.15, 0.2) is 6.21 Å². The average molecular weight is 265 g/mol. The van der Waals surface area contributed by atoms with E-state index in [0.29, 0.717) is 4.74 Å². The SMILES string of the molecule is COC(=O)[C@H]1C=[N+]([O-])[C@@](C)(P(=O)(OC)OC)C1.